The number of halogens is 1. The number of unbranched alkanes of at least 4 members (excludes halogenated alkanes) is 1. The minimum Gasteiger partial charge on any atom is -0.480 e. The summed E-state index contributed by atoms with van der Waals surface area (Å²) in [4.78, 5) is 18.7. The number of aliphatic carboxylic acids is 1. The van der Waals surface area contributed by atoms with Crippen molar-refractivity contribution < 1.29 is 23.8 Å². The van der Waals surface area contributed by atoms with E-state index in [1.807, 2.05) is 24.2 Å². The van der Waals surface area contributed by atoms with Crippen LogP contribution in [0.3, 0.4) is 0 Å². The number of fused-ring (bicyclic) bond motifs is 1. The van der Waals surface area contributed by atoms with Gasteiger partial charge in [-0.25, -0.2) is 9.37 Å². The van der Waals surface area contributed by atoms with Crippen LogP contribution in [0.1, 0.15) is 80.2 Å². The molecule has 0 amide bonds. The number of nitrogens with one attached hydrogen (secondary N) is 1. The van der Waals surface area contributed by atoms with Crippen LogP contribution in [0.2, 0.25) is 0 Å². The number of carbonyl (C=O) groups is 1. The Bertz CT molecular complexity index is 1140. The summed E-state index contributed by atoms with van der Waals surface area (Å²) < 4.78 is 26.3. The van der Waals surface area contributed by atoms with Gasteiger partial charge in [-0.05, 0) is 99.7 Å². The molecule has 0 spiro atoms. The lowest BCUT2D eigenvalue weighted by Crippen LogP contribution is -2.49. The van der Waals surface area contributed by atoms with E-state index in [9.17, 15) is 14.3 Å². The smallest absolute Gasteiger partial charge is 0.325 e. The molecule has 7 nitrogen and oxygen atoms in total. The third-order valence-electron chi connectivity index (χ3n) is 8.09. The summed E-state index contributed by atoms with van der Waals surface area (Å²) in [6.45, 7) is 1.34. The fourth-order valence-corrected chi connectivity index (χ4v) is 5.79. The summed E-state index contributed by atoms with van der Waals surface area (Å²) in [5.74, 6) is -0.432. The first kappa shape index (κ1) is 26.8. The molecule has 3 aliphatic rings. The number of nitrogens with zero attached hydrogens (tertiary/aromatic N) is 2. The van der Waals surface area contributed by atoms with Crippen LogP contribution < -0.4 is 5.32 Å². The maximum Gasteiger partial charge on any atom is 0.325 e. The number of carboxylic acids is 1. The number of carboxylic acid groups (broad SMARTS) is 1. The van der Waals surface area contributed by atoms with Gasteiger partial charge in [0.25, 0.3) is 0 Å². The highest BCUT2D eigenvalue weighted by atomic mass is 19.1. The van der Waals surface area contributed by atoms with Gasteiger partial charge < -0.3 is 19.9 Å². The molecule has 2 atom stereocenters. The monoisotopic (exact) mass is 523 g/mol. The fraction of sp³-hybridized carbons (Fsp3) is 0.533. The number of hydrogen-bond acceptors (Lipinski definition) is 6. The quantitative estimate of drug-likeness (QED) is 0.361. The topological polar surface area (TPSA) is 83.9 Å². The summed E-state index contributed by atoms with van der Waals surface area (Å²) in [6, 6.07) is 7.69. The van der Waals surface area contributed by atoms with Gasteiger partial charge in [-0.3, -0.25) is 9.69 Å². The minimum absolute atomic E-state index is 0.0775. The van der Waals surface area contributed by atoms with Crippen molar-refractivity contribution >= 4 is 11.8 Å². The lowest BCUT2D eigenvalue weighted by atomic mass is 9.85. The first-order chi connectivity index (χ1) is 18.5. The highest BCUT2D eigenvalue weighted by molar-refractivity contribution is 5.76. The Hall–Kier alpha value is -2.81. The molecule has 2 fully saturated rings. The van der Waals surface area contributed by atoms with Crippen molar-refractivity contribution in [2.45, 2.75) is 82.1 Å². The van der Waals surface area contributed by atoms with Crippen LogP contribution in [-0.2, 0) is 20.7 Å². The van der Waals surface area contributed by atoms with Crippen LogP contribution in [0.15, 0.2) is 48.3 Å². The number of benzene rings is 1. The molecule has 8 heteroatoms. The van der Waals surface area contributed by atoms with E-state index < -0.39 is 17.8 Å². The molecule has 204 valence electrons. The molecule has 1 aliphatic carbocycles. The predicted octanol–water partition coefficient (Wildman–Crippen LogP) is 5.79. The molecule has 0 bridgehead atoms. The van der Waals surface area contributed by atoms with Crippen molar-refractivity contribution in [3.05, 3.63) is 70.8 Å². The molecule has 1 saturated carbocycles. The summed E-state index contributed by atoms with van der Waals surface area (Å²) >= 11 is 0. The standard InChI is InChI=1S/C30H38FN3O4/c1-34(28(30(35)36)26-17-21(31)11-13-25(26)27-9-3-5-16-38-27)23-18-24(19-23)37-15-4-2-8-22-12-10-20-7-6-14-32-29(20)33-22/h6-7,11-14,17,23-24,27-28H,2-5,8-10,15-16,18-19H2,1H3,(H,32,33)(H,35,36)/t23?,24?,27-,28-/m0/s1. The molecule has 0 unspecified atom stereocenters. The van der Waals surface area contributed by atoms with Gasteiger partial charge in [-0.2, -0.15) is 0 Å². The largest absolute Gasteiger partial charge is 0.480 e. The van der Waals surface area contributed by atoms with Gasteiger partial charge in [0, 0.05) is 31.1 Å². The summed E-state index contributed by atoms with van der Waals surface area (Å²) in [5.41, 5.74) is 3.74. The zero-order valence-electron chi connectivity index (χ0n) is 22.1. The Morgan fingerprint density at radius 2 is 2.16 bits per heavy atom. The highest BCUT2D eigenvalue weighted by Gasteiger charge is 2.40. The third kappa shape index (κ3) is 6.25. The summed E-state index contributed by atoms with van der Waals surface area (Å²) in [5, 5.41) is 13.6. The van der Waals surface area contributed by atoms with Gasteiger partial charge in [-0.1, -0.05) is 18.2 Å². The van der Waals surface area contributed by atoms with Crippen LogP contribution in [0.25, 0.3) is 0 Å². The van der Waals surface area contributed by atoms with E-state index in [0.717, 1.165) is 69.2 Å². The van der Waals surface area contributed by atoms with Gasteiger partial charge in [-0.15, -0.1) is 0 Å². The number of anilines is 1. The third-order valence-corrected chi connectivity index (χ3v) is 8.09. The lowest BCUT2D eigenvalue weighted by molar-refractivity contribution is -0.146. The second-order valence-electron chi connectivity index (χ2n) is 10.7. The molecular weight excluding hydrogens is 485 g/mol. The molecule has 1 aromatic carbocycles. The Labute approximate surface area is 224 Å². The Morgan fingerprint density at radius 3 is 2.95 bits per heavy atom. The van der Waals surface area contributed by atoms with Crippen molar-refractivity contribution in [1.82, 2.24) is 9.88 Å². The Kier molecular flexibility index (Phi) is 8.72. The second-order valence-corrected chi connectivity index (χ2v) is 10.7. The van der Waals surface area contributed by atoms with Crippen LogP contribution in [0.5, 0.6) is 0 Å². The van der Waals surface area contributed by atoms with Gasteiger partial charge in [0.1, 0.15) is 17.7 Å². The van der Waals surface area contributed by atoms with E-state index in [4.69, 9.17) is 9.47 Å². The highest BCUT2D eigenvalue weighted by Crippen LogP contribution is 2.38. The average Bonchev–Trinajstić information content (AvgIpc) is 2.90. The maximum atomic E-state index is 14.3. The van der Waals surface area contributed by atoms with Crippen LogP contribution in [0, 0.1) is 5.82 Å². The fourth-order valence-electron chi connectivity index (χ4n) is 5.79. The van der Waals surface area contributed by atoms with E-state index in [1.54, 1.807) is 6.07 Å². The molecule has 1 saturated heterocycles. The number of rotatable bonds is 11. The number of pyridine rings is 1. The summed E-state index contributed by atoms with van der Waals surface area (Å²) in [7, 11) is 1.83. The molecular formula is C30H38FN3O4. The van der Waals surface area contributed by atoms with E-state index >= 15 is 0 Å². The molecule has 38 heavy (non-hydrogen) atoms. The number of allylic oxidation sites excluding steroid dienone is 2. The first-order valence-corrected chi connectivity index (χ1v) is 13.9. The van der Waals surface area contributed by atoms with Crippen LogP contribution in [0.4, 0.5) is 10.2 Å². The van der Waals surface area contributed by atoms with Gasteiger partial charge >= 0.3 is 5.97 Å². The lowest BCUT2D eigenvalue weighted by Gasteiger charge is -2.43. The molecule has 0 radical (unpaired) electrons. The maximum absolute atomic E-state index is 14.3. The molecule has 3 heterocycles. The normalized spacial score (nSPS) is 23.7. The SMILES string of the molecule is CN(C1CC(OCCCCC2=CCc3cccnc3N2)C1)[C@H](C(=O)O)c1cc(F)ccc1[C@@H]1CCCCO1. The van der Waals surface area contributed by atoms with E-state index in [-0.39, 0.29) is 18.2 Å². The number of hydrogen-bond donors (Lipinski definition) is 2. The van der Waals surface area contributed by atoms with Crippen molar-refractivity contribution in [3.8, 4) is 0 Å². The zero-order chi connectivity index (χ0) is 26.5. The molecule has 5 rings (SSSR count). The number of aromatic nitrogens is 1. The van der Waals surface area contributed by atoms with E-state index in [2.05, 4.69) is 22.4 Å². The van der Waals surface area contributed by atoms with E-state index in [0.29, 0.717) is 18.8 Å². The van der Waals surface area contributed by atoms with Crippen molar-refractivity contribution in [2.24, 2.45) is 0 Å². The van der Waals surface area contributed by atoms with Crippen molar-refractivity contribution in [3.63, 3.8) is 0 Å². The molecule has 1 aromatic heterocycles. The van der Waals surface area contributed by atoms with Crippen molar-refractivity contribution in [1.29, 1.82) is 0 Å². The number of likely N-dealkylation sites (N-methyl/N-ethyl adjacent to an activating group) is 1. The van der Waals surface area contributed by atoms with Gasteiger partial charge in [0.05, 0.1) is 12.2 Å². The van der Waals surface area contributed by atoms with Crippen molar-refractivity contribution in [2.75, 3.05) is 25.6 Å². The summed E-state index contributed by atoms with van der Waals surface area (Å²) in [6.07, 6.45) is 12.3. The second kappa shape index (κ2) is 12.4. The molecule has 2 aliphatic heterocycles. The predicted molar refractivity (Wildman–Crippen MR) is 143 cm³/mol. The average molecular weight is 524 g/mol. The van der Waals surface area contributed by atoms with Gasteiger partial charge in [0.2, 0.25) is 0 Å². The minimum atomic E-state index is -0.969. The zero-order valence-corrected chi connectivity index (χ0v) is 22.1. The van der Waals surface area contributed by atoms with Gasteiger partial charge in [0.15, 0.2) is 0 Å². The first-order valence-electron chi connectivity index (χ1n) is 13.9. The number of ether oxygens (including phenoxy) is 2. The van der Waals surface area contributed by atoms with E-state index in [1.165, 1.54) is 23.4 Å². The Morgan fingerprint density at radius 1 is 1.29 bits per heavy atom. The molecule has 2 N–H and O–H groups in total. The Balaban J connectivity index is 1.08. The van der Waals surface area contributed by atoms with Crippen LogP contribution >= 0.6 is 0 Å². The molecule has 2 aromatic rings. The van der Waals surface area contributed by atoms with Crippen LogP contribution in [-0.4, -0.2) is 53.4 Å².